The fourth-order valence-corrected chi connectivity index (χ4v) is 3.67. The highest BCUT2D eigenvalue weighted by Gasteiger charge is 2.23. The van der Waals surface area contributed by atoms with Gasteiger partial charge >= 0.3 is 0 Å². The van der Waals surface area contributed by atoms with Crippen molar-refractivity contribution in [2.45, 2.75) is 13.0 Å². The maximum atomic E-state index is 10.1. The molecule has 0 radical (unpaired) electrons. The molecular formula is C22H25N5O2. The van der Waals surface area contributed by atoms with Crippen molar-refractivity contribution in [2.75, 3.05) is 36.0 Å². The van der Waals surface area contributed by atoms with Crippen molar-refractivity contribution >= 4 is 11.6 Å². The Bertz CT molecular complexity index is 975. The summed E-state index contributed by atoms with van der Waals surface area (Å²) < 4.78 is 2.07. The van der Waals surface area contributed by atoms with Crippen molar-refractivity contribution in [1.29, 1.82) is 0 Å². The van der Waals surface area contributed by atoms with Gasteiger partial charge in [0.2, 0.25) is 5.95 Å². The first-order valence-corrected chi connectivity index (χ1v) is 9.74. The number of hydrogen-bond donors (Lipinski definition) is 2. The van der Waals surface area contributed by atoms with Crippen LogP contribution in [0.4, 0.5) is 11.6 Å². The van der Waals surface area contributed by atoms with E-state index in [4.69, 9.17) is 0 Å². The smallest absolute Gasteiger partial charge is 0.227 e. The van der Waals surface area contributed by atoms with Gasteiger partial charge in [0.25, 0.3) is 0 Å². The number of aromatic nitrogens is 3. The van der Waals surface area contributed by atoms with Crippen molar-refractivity contribution in [3.8, 4) is 11.5 Å². The molecule has 2 aromatic carbocycles. The van der Waals surface area contributed by atoms with E-state index in [-0.39, 0.29) is 11.5 Å². The van der Waals surface area contributed by atoms with Gasteiger partial charge in [0.15, 0.2) is 0 Å². The SMILES string of the molecule is C=CCn1c(Cc2ccccc2O)nnc1N1CCN(c2ccc(O)cc2)CC1. The summed E-state index contributed by atoms with van der Waals surface area (Å²) in [5, 5.41) is 28.4. The number of para-hydroxylation sites is 1. The van der Waals surface area contributed by atoms with Crippen LogP contribution in [0.5, 0.6) is 11.5 Å². The van der Waals surface area contributed by atoms with Crippen LogP contribution in [0.25, 0.3) is 0 Å². The summed E-state index contributed by atoms with van der Waals surface area (Å²) in [4.78, 5) is 4.54. The zero-order chi connectivity index (χ0) is 20.2. The van der Waals surface area contributed by atoms with Crippen LogP contribution in [0.2, 0.25) is 0 Å². The van der Waals surface area contributed by atoms with Crippen LogP contribution in [0, 0.1) is 0 Å². The molecule has 0 saturated carbocycles. The summed E-state index contributed by atoms with van der Waals surface area (Å²) in [6.07, 6.45) is 2.36. The maximum Gasteiger partial charge on any atom is 0.227 e. The van der Waals surface area contributed by atoms with Gasteiger partial charge in [-0.2, -0.15) is 0 Å². The van der Waals surface area contributed by atoms with Gasteiger partial charge in [-0.25, -0.2) is 0 Å². The van der Waals surface area contributed by atoms with Gasteiger partial charge in [0.1, 0.15) is 17.3 Å². The van der Waals surface area contributed by atoms with E-state index < -0.39 is 0 Å². The lowest BCUT2D eigenvalue weighted by molar-refractivity contribution is 0.468. The molecule has 2 heterocycles. The topological polar surface area (TPSA) is 77.7 Å². The molecular weight excluding hydrogens is 366 g/mol. The Morgan fingerprint density at radius 1 is 0.897 bits per heavy atom. The third-order valence-corrected chi connectivity index (χ3v) is 5.24. The monoisotopic (exact) mass is 391 g/mol. The molecule has 2 N–H and O–H groups in total. The third kappa shape index (κ3) is 4.03. The fourth-order valence-electron chi connectivity index (χ4n) is 3.67. The number of piperazine rings is 1. The first kappa shape index (κ1) is 18.9. The van der Waals surface area contributed by atoms with Gasteiger partial charge in [-0.15, -0.1) is 16.8 Å². The Hall–Kier alpha value is -3.48. The minimum absolute atomic E-state index is 0.268. The van der Waals surface area contributed by atoms with Crippen LogP contribution in [0.15, 0.2) is 61.2 Å². The highest BCUT2D eigenvalue weighted by Crippen LogP contribution is 2.24. The van der Waals surface area contributed by atoms with Gasteiger partial charge in [0.05, 0.1) is 0 Å². The molecule has 4 rings (SSSR count). The second-order valence-corrected chi connectivity index (χ2v) is 7.11. The van der Waals surface area contributed by atoms with E-state index in [0.717, 1.165) is 49.2 Å². The fraction of sp³-hybridized carbons (Fsp3) is 0.273. The predicted octanol–water partition coefficient (Wildman–Crippen LogP) is 2.79. The molecule has 1 aliphatic rings. The van der Waals surface area contributed by atoms with Crippen LogP contribution in [0.1, 0.15) is 11.4 Å². The summed E-state index contributed by atoms with van der Waals surface area (Å²) >= 11 is 0. The quantitative estimate of drug-likeness (QED) is 0.629. The maximum absolute atomic E-state index is 10.1. The van der Waals surface area contributed by atoms with E-state index in [1.807, 2.05) is 36.4 Å². The van der Waals surface area contributed by atoms with Crippen molar-refractivity contribution in [1.82, 2.24) is 14.8 Å². The molecule has 1 saturated heterocycles. The molecule has 29 heavy (non-hydrogen) atoms. The molecule has 0 aliphatic carbocycles. The first-order valence-electron chi connectivity index (χ1n) is 9.74. The van der Waals surface area contributed by atoms with Gasteiger partial charge in [-0.05, 0) is 30.3 Å². The number of nitrogens with zero attached hydrogens (tertiary/aromatic N) is 5. The average Bonchev–Trinajstić information content (AvgIpc) is 3.13. The molecule has 1 aliphatic heterocycles. The van der Waals surface area contributed by atoms with Crippen LogP contribution in [-0.4, -0.2) is 51.2 Å². The van der Waals surface area contributed by atoms with Crippen molar-refractivity contribution in [2.24, 2.45) is 0 Å². The molecule has 150 valence electrons. The second-order valence-electron chi connectivity index (χ2n) is 7.11. The lowest BCUT2D eigenvalue weighted by Crippen LogP contribution is -2.47. The number of benzene rings is 2. The number of aromatic hydroxyl groups is 2. The Morgan fingerprint density at radius 3 is 2.28 bits per heavy atom. The minimum atomic E-state index is 0.268. The summed E-state index contributed by atoms with van der Waals surface area (Å²) in [7, 11) is 0. The Labute approximate surface area is 170 Å². The van der Waals surface area contributed by atoms with E-state index in [0.29, 0.717) is 13.0 Å². The molecule has 1 aromatic heterocycles. The first-order chi connectivity index (χ1) is 14.2. The van der Waals surface area contributed by atoms with Crippen LogP contribution < -0.4 is 9.80 Å². The summed E-state index contributed by atoms with van der Waals surface area (Å²) in [5.41, 5.74) is 1.93. The number of rotatable bonds is 6. The molecule has 7 heteroatoms. The molecule has 3 aromatic rings. The summed E-state index contributed by atoms with van der Waals surface area (Å²) in [6.45, 7) is 7.86. The number of allylic oxidation sites excluding steroid dienone is 1. The lowest BCUT2D eigenvalue weighted by Gasteiger charge is -2.36. The Balaban J connectivity index is 1.50. The van der Waals surface area contributed by atoms with Crippen LogP contribution in [0.3, 0.4) is 0 Å². The average molecular weight is 391 g/mol. The number of phenolic OH excluding ortho intramolecular Hbond substituents is 2. The molecule has 0 atom stereocenters. The summed E-state index contributed by atoms with van der Waals surface area (Å²) in [6, 6.07) is 14.6. The van der Waals surface area contributed by atoms with E-state index in [1.165, 1.54) is 0 Å². The summed E-state index contributed by atoms with van der Waals surface area (Å²) in [5.74, 6) is 2.19. The van der Waals surface area contributed by atoms with E-state index in [1.54, 1.807) is 18.2 Å². The van der Waals surface area contributed by atoms with Crippen molar-refractivity contribution in [3.05, 3.63) is 72.6 Å². The molecule has 7 nitrogen and oxygen atoms in total. The molecule has 0 amide bonds. The molecule has 0 bridgehead atoms. The standard InChI is InChI=1S/C22H25N5O2/c1-2-11-27-21(16-17-5-3-4-6-20(17)29)23-24-22(27)26-14-12-25(13-15-26)18-7-9-19(28)10-8-18/h2-10,28-29H,1,11-16H2. The molecule has 0 unspecified atom stereocenters. The normalized spacial score (nSPS) is 14.2. The van der Waals surface area contributed by atoms with Crippen molar-refractivity contribution in [3.63, 3.8) is 0 Å². The Morgan fingerprint density at radius 2 is 1.59 bits per heavy atom. The van der Waals surface area contributed by atoms with Gasteiger partial charge in [0, 0.05) is 50.4 Å². The van der Waals surface area contributed by atoms with E-state index in [2.05, 4.69) is 31.1 Å². The molecule has 1 fully saturated rings. The zero-order valence-electron chi connectivity index (χ0n) is 16.3. The van der Waals surface area contributed by atoms with Gasteiger partial charge < -0.3 is 20.0 Å². The number of phenols is 2. The second kappa shape index (κ2) is 8.26. The van der Waals surface area contributed by atoms with Crippen LogP contribution >= 0.6 is 0 Å². The Kier molecular flexibility index (Phi) is 5.37. The van der Waals surface area contributed by atoms with Crippen molar-refractivity contribution < 1.29 is 10.2 Å². The zero-order valence-corrected chi connectivity index (χ0v) is 16.3. The van der Waals surface area contributed by atoms with Gasteiger partial charge in [-0.1, -0.05) is 24.3 Å². The lowest BCUT2D eigenvalue weighted by atomic mass is 10.1. The highest BCUT2D eigenvalue weighted by atomic mass is 16.3. The molecule has 0 spiro atoms. The largest absolute Gasteiger partial charge is 0.508 e. The van der Waals surface area contributed by atoms with E-state index >= 15 is 0 Å². The number of anilines is 2. The van der Waals surface area contributed by atoms with E-state index in [9.17, 15) is 10.2 Å². The minimum Gasteiger partial charge on any atom is -0.508 e. The van der Waals surface area contributed by atoms with Gasteiger partial charge in [-0.3, -0.25) is 4.57 Å². The predicted molar refractivity (Wildman–Crippen MR) is 114 cm³/mol. The van der Waals surface area contributed by atoms with Crippen LogP contribution in [-0.2, 0) is 13.0 Å². The number of hydrogen-bond acceptors (Lipinski definition) is 6. The highest BCUT2D eigenvalue weighted by molar-refractivity contribution is 5.50. The third-order valence-electron chi connectivity index (χ3n) is 5.24.